The molecule has 0 aliphatic rings. The van der Waals surface area contributed by atoms with Crippen molar-refractivity contribution in [1.82, 2.24) is 0 Å². The number of aldehydes is 1. The summed E-state index contributed by atoms with van der Waals surface area (Å²) in [5.74, 6) is -0.462. The van der Waals surface area contributed by atoms with Crippen LogP contribution in [0.3, 0.4) is 0 Å². The molecule has 0 saturated heterocycles. The third-order valence-electron chi connectivity index (χ3n) is 1.61. The Balaban J connectivity index is 2.95. The van der Waals surface area contributed by atoms with E-state index in [1.54, 1.807) is 6.07 Å². The zero-order valence-electron chi connectivity index (χ0n) is 6.90. The zero-order valence-corrected chi connectivity index (χ0v) is 6.90. The molecule has 1 rings (SSSR count). The molecule has 0 fully saturated rings. The number of hydrogen-bond acceptors (Lipinski definition) is 2. The lowest BCUT2D eigenvalue weighted by Crippen LogP contribution is -1.89. The molecule has 0 radical (unpaired) electrons. The normalized spacial score (nSPS) is 10.6. The Bertz CT molecular complexity index is 332. The van der Waals surface area contributed by atoms with Crippen molar-refractivity contribution in [2.75, 3.05) is 0 Å². The van der Waals surface area contributed by atoms with Crippen LogP contribution in [0.5, 0.6) is 0 Å². The molecule has 0 aliphatic carbocycles. The topological polar surface area (TPSA) is 37.3 Å². The lowest BCUT2D eigenvalue weighted by atomic mass is 10.1. The van der Waals surface area contributed by atoms with Gasteiger partial charge in [-0.2, -0.15) is 0 Å². The van der Waals surface area contributed by atoms with Crippen LogP contribution in [0.4, 0.5) is 4.39 Å². The SMILES string of the molecule is O=CC=Cc1ccc(CO)c(F)c1. The van der Waals surface area contributed by atoms with Gasteiger partial charge in [-0.3, -0.25) is 4.79 Å². The Hall–Kier alpha value is -1.48. The number of carbonyl (C=O) groups excluding carboxylic acids is 1. The molecule has 0 aliphatic heterocycles. The van der Waals surface area contributed by atoms with E-state index in [-0.39, 0.29) is 12.2 Å². The van der Waals surface area contributed by atoms with Crippen LogP contribution in [-0.4, -0.2) is 11.4 Å². The summed E-state index contributed by atoms with van der Waals surface area (Å²) in [6.07, 6.45) is 3.41. The molecule has 0 aromatic heterocycles. The molecule has 3 heteroatoms. The molecule has 0 heterocycles. The first-order chi connectivity index (χ1) is 6.27. The van der Waals surface area contributed by atoms with Gasteiger partial charge in [0.15, 0.2) is 0 Å². The van der Waals surface area contributed by atoms with Crippen molar-refractivity contribution in [3.05, 3.63) is 41.2 Å². The Morgan fingerprint density at radius 3 is 2.77 bits per heavy atom. The zero-order chi connectivity index (χ0) is 9.68. The molecule has 0 atom stereocenters. The molecule has 0 bridgehead atoms. The largest absolute Gasteiger partial charge is 0.392 e. The van der Waals surface area contributed by atoms with Gasteiger partial charge < -0.3 is 5.11 Å². The molecule has 1 aromatic rings. The van der Waals surface area contributed by atoms with Crippen molar-refractivity contribution in [3.63, 3.8) is 0 Å². The van der Waals surface area contributed by atoms with Gasteiger partial charge >= 0.3 is 0 Å². The highest BCUT2D eigenvalue weighted by Crippen LogP contribution is 2.11. The minimum atomic E-state index is -0.462. The fraction of sp³-hybridized carbons (Fsp3) is 0.100. The summed E-state index contributed by atoms with van der Waals surface area (Å²) in [7, 11) is 0. The highest BCUT2D eigenvalue weighted by atomic mass is 19.1. The fourth-order valence-electron chi connectivity index (χ4n) is 0.946. The maximum Gasteiger partial charge on any atom is 0.142 e. The summed E-state index contributed by atoms with van der Waals surface area (Å²) in [4.78, 5) is 9.97. The van der Waals surface area contributed by atoms with E-state index < -0.39 is 5.82 Å². The monoisotopic (exact) mass is 180 g/mol. The van der Waals surface area contributed by atoms with Crippen LogP contribution in [0.25, 0.3) is 6.08 Å². The van der Waals surface area contributed by atoms with Crippen molar-refractivity contribution in [3.8, 4) is 0 Å². The number of carbonyl (C=O) groups is 1. The van der Waals surface area contributed by atoms with Gasteiger partial charge in [-0.25, -0.2) is 4.39 Å². The molecule has 13 heavy (non-hydrogen) atoms. The average molecular weight is 180 g/mol. The van der Waals surface area contributed by atoms with Crippen molar-refractivity contribution >= 4 is 12.4 Å². The molecule has 68 valence electrons. The van der Waals surface area contributed by atoms with E-state index in [0.717, 1.165) is 0 Å². The molecular weight excluding hydrogens is 171 g/mol. The predicted octanol–water partition coefficient (Wildman–Crippen LogP) is 1.53. The Morgan fingerprint density at radius 2 is 2.23 bits per heavy atom. The number of hydrogen-bond donors (Lipinski definition) is 1. The van der Waals surface area contributed by atoms with Gasteiger partial charge in [0.25, 0.3) is 0 Å². The van der Waals surface area contributed by atoms with Gasteiger partial charge in [0.1, 0.15) is 12.1 Å². The van der Waals surface area contributed by atoms with E-state index in [9.17, 15) is 9.18 Å². The third kappa shape index (κ3) is 2.49. The van der Waals surface area contributed by atoms with Gasteiger partial charge in [-0.15, -0.1) is 0 Å². The molecule has 0 spiro atoms. The third-order valence-corrected chi connectivity index (χ3v) is 1.61. The highest BCUT2D eigenvalue weighted by molar-refractivity contribution is 5.73. The van der Waals surface area contributed by atoms with Gasteiger partial charge in [-0.1, -0.05) is 18.2 Å². The van der Waals surface area contributed by atoms with Crippen LogP contribution in [0.15, 0.2) is 24.3 Å². The maximum atomic E-state index is 13.0. The summed E-state index contributed by atoms with van der Waals surface area (Å²) in [6, 6.07) is 4.39. The van der Waals surface area contributed by atoms with Crippen molar-refractivity contribution in [2.24, 2.45) is 0 Å². The Labute approximate surface area is 75.3 Å². The number of allylic oxidation sites excluding steroid dienone is 1. The van der Waals surface area contributed by atoms with E-state index in [0.29, 0.717) is 11.8 Å². The first-order valence-electron chi connectivity index (χ1n) is 3.79. The van der Waals surface area contributed by atoms with Crippen LogP contribution < -0.4 is 0 Å². The molecule has 1 aromatic carbocycles. The summed E-state index contributed by atoms with van der Waals surface area (Å²) < 4.78 is 13.0. The highest BCUT2D eigenvalue weighted by Gasteiger charge is 1.99. The average Bonchev–Trinajstić information content (AvgIpc) is 2.15. The summed E-state index contributed by atoms with van der Waals surface area (Å²) >= 11 is 0. The number of halogens is 1. The van der Waals surface area contributed by atoms with E-state index in [1.807, 2.05) is 0 Å². The van der Waals surface area contributed by atoms with Crippen LogP contribution in [-0.2, 0) is 11.4 Å². The van der Waals surface area contributed by atoms with E-state index >= 15 is 0 Å². The summed E-state index contributed by atoms with van der Waals surface area (Å²) in [5.41, 5.74) is 0.852. The minimum Gasteiger partial charge on any atom is -0.392 e. The minimum absolute atomic E-state index is 0.253. The van der Waals surface area contributed by atoms with Crippen LogP contribution in [0.1, 0.15) is 11.1 Å². The second-order valence-corrected chi connectivity index (χ2v) is 2.50. The van der Waals surface area contributed by atoms with Gasteiger partial charge in [0.05, 0.1) is 6.61 Å². The quantitative estimate of drug-likeness (QED) is 0.565. The Kier molecular flexibility index (Phi) is 3.34. The first kappa shape index (κ1) is 9.61. The predicted molar refractivity (Wildman–Crippen MR) is 47.4 cm³/mol. The number of benzene rings is 1. The number of rotatable bonds is 3. The fourth-order valence-corrected chi connectivity index (χ4v) is 0.946. The Morgan fingerprint density at radius 1 is 1.46 bits per heavy atom. The molecule has 1 N–H and O–H groups in total. The summed E-state index contributed by atoms with van der Waals surface area (Å²) in [5, 5.41) is 8.67. The molecule has 0 amide bonds. The standard InChI is InChI=1S/C10H9FO2/c11-10-6-8(2-1-5-12)3-4-9(10)7-13/h1-6,13H,7H2. The van der Waals surface area contributed by atoms with Crippen molar-refractivity contribution in [2.45, 2.75) is 6.61 Å². The smallest absolute Gasteiger partial charge is 0.142 e. The molecule has 0 saturated carbocycles. The van der Waals surface area contributed by atoms with E-state index in [2.05, 4.69) is 0 Å². The van der Waals surface area contributed by atoms with Crippen LogP contribution in [0.2, 0.25) is 0 Å². The molecule has 0 unspecified atom stereocenters. The number of aliphatic hydroxyl groups is 1. The summed E-state index contributed by atoms with van der Waals surface area (Å²) in [6.45, 7) is -0.316. The van der Waals surface area contributed by atoms with E-state index in [1.165, 1.54) is 24.3 Å². The molecule has 2 nitrogen and oxygen atoms in total. The van der Waals surface area contributed by atoms with Crippen molar-refractivity contribution < 1.29 is 14.3 Å². The second-order valence-electron chi connectivity index (χ2n) is 2.50. The van der Waals surface area contributed by atoms with E-state index in [4.69, 9.17) is 5.11 Å². The molecular formula is C10H9FO2. The second kappa shape index (κ2) is 4.52. The van der Waals surface area contributed by atoms with Crippen LogP contribution >= 0.6 is 0 Å². The lowest BCUT2D eigenvalue weighted by Gasteiger charge is -1.99. The van der Waals surface area contributed by atoms with Gasteiger partial charge in [-0.05, 0) is 17.7 Å². The van der Waals surface area contributed by atoms with Gasteiger partial charge in [0, 0.05) is 5.56 Å². The number of aliphatic hydroxyl groups excluding tert-OH is 1. The lowest BCUT2D eigenvalue weighted by molar-refractivity contribution is -0.104. The first-order valence-corrected chi connectivity index (χ1v) is 3.79. The maximum absolute atomic E-state index is 13.0. The van der Waals surface area contributed by atoms with Gasteiger partial charge in [0.2, 0.25) is 0 Å². The van der Waals surface area contributed by atoms with Crippen LogP contribution in [0, 0.1) is 5.82 Å². The van der Waals surface area contributed by atoms with Crippen molar-refractivity contribution in [1.29, 1.82) is 0 Å².